The normalized spacial score (nSPS) is 17.7. The minimum Gasteiger partial charge on any atom is -0.314 e. The van der Waals surface area contributed by atoms with Gasteiger partial charge in [0.05, 0.1) is 0 Å². The molecule has 0 atom stereocenters. The van der Waals surface area contributed by atoms with E-state index in [1.165, 1.54) is 33.6 Å². The van der Waals surface area contributed by atoms with E-state index in [0.29, 0.717) is 0 Å². The molecule has 0 saturated carbocycles. The SMILES string of the molecule is Cc1cc2cccc(CN3CCNCC3)c2s1. The van der Waals surface area contributed by atoms with Crippen molar-refractivity contribution in [1.29, 1.82) is 0 Å². The van der Waals surface area contributed by atoms with Crippen LogP contribution < -0.4 is 5.32 Å². The van der Waals surface area contributed by atoms with Crippen LogP contribution in [-0.2, 0) is 6.54 Å². The number of rotatable bonds is 2. The molecule has 1 N–H and O–H groups in total. The average Bonchev–Trinajstić information content (AvgIpc) is 2.72. The molecular formula is C14H18N2S. The van der Waals surface area contributed by atoms with Crippen LogP contribution in [-0.4, -0.2) is 31.1 Å². The molecule has 2 nitrogen and oxygen atoms in total. The van der Waals surface area contributed by atoms with Gasteiger partial charge in [0.2, 0.25) is 0 Å². The molecule has 0 bridgehead atoms. The summed E-state index contributed by atoms with van der Waals surface area (Å²) in [6, 6.07) is 8.98. The van der Waals surface area contributed by atoms with Gasteiger partial charge in [-0.2, -0.15) is 0 Å². The minimum absolute atomic E-state index is 1.10. The second-order valence-electron chi connectivity index (χ2n) is 4.72. The van der Waals surface area contributed by atoms with Crippen molar-refractivity contribution in [3.8, 4) is 0 Å². The van der Waals surface area contributed by atoms with Crippen molar-refractivity contribution in [2.75, 3.05) is 26.2 Å². The quantitative estimate of drug-likeness (QED) is 0.876. The van der Waals surface area contributed by atoms with Gasteiger partial charge in [0.25, 0.3) is 0 Å². The van der Waals surface area contributed by atoms with Crippen LogP contribution in [0, 0.1) is 6.92 Å². The molecule has 90 valence electrons. The summed E-state index contributed by atoms with van der Waals surface area (Å²) in [5.74, 6) is 0. The standard InChI is InChI=1S/C14H18N2S/c1-11-9-12-3-2-4-13(14(12)17-11)10-16-7-5-15-6-8-16/h2-4,9,15H,5-8,10H2,1H3. The van der Waals surface area contributed by atoms with Gasteiger partial charge in [0.15, 0.2) is 0 Å². The summed E-state index contributed by atoms with van der Waals surface area (Å²) in [5.41, 5.74) is 1.49. The van der Waals surface area contributed by atoms with Gasteiger partial charge in [-0.1, -0.05) is 18.2 Å². The molecule has 0 amide bonds. The molecular weight excluding hydrogens is 228 g/mol. The van der Waals surface area contributed by atoms with Gasteiger partial charge < -0.3 is 5.32 Å². The highest BCUT2D eigenvalue weighted by atomic mass is 32.1. The van der Waals surface area contributed by atoms with Gasteiger partial charge >= 0.3 is 0 Å². The highest BCUT2D eigenvalue weighted by Crippen LogP contribution is 2.29. The first-order valence-corrected chi connectivity index (χ1v) is 7.06. The van der Waals surface area contributed by atoms with Crippen LogP contribution in [0.5, 0.6) is 0 Å². The molecule has 2 aromatic rings. The van der Waals surface area contributed by atoms with E-state index in [2.05, 4.69) is 41.4 Å². The summed E-state index contributed by atoms with van der Waals surface area (Å²) in [7, 11) is 0. The first-order valence-electron chi connectivity index (χ1n) is 6.24. The molecule has 3 heteroatoms. The number of benzene rings is 1. The van der Waals surface area contributed by atoms with Crippen LogP contribution in [0.15, 0.2) is 24.3 Å². The lowest BCUT2D eigenvalue weighted by Crippen LogP contribution is -2.42. The maximum Gasteiger partial charge on any atom is 0.0390 e. The zero-order valence-electron chi connectivity index (χ0n) is 10.2. The molecule has 0 spiro atoms. The minimum atomic E-state index is 1.10. The Kier molecular flexibility index (Phi) is 3.14. The summed E-state index contributed by atoms with van der Waals surface area (Å²) >= 11 is 1.93. The topological polar surface area (TPSA) is 15.3 Å². The molecule has 3 rings (SSSR count). The third-order valence-electron chi connectivity index (χ3n) is 3.35. The number of fused-ring (bicyclic) bond motifs is 1. The highest BCUT2D eigenvalue weighted by Gasteiger charge is 2.12. The van der Waals surface area contributed by atoms with Crippen molar-refractivity contribution >= 4 is 21.4 Å². The number of aryl methyl sites for hydroxylation is 1. The predicted octanol–water partition coefficient (Wildman–Crippen LogP) is 2.61. The zero-order valence-corrected chi connectivity index (χ0v) is 11.0. The maximum atomic E-state index is 3.40. The van der Waals surface area contributed by atoms with Crippen molar-refractivity contribution in [1.82, 2.24) is 10.2 Å². The summed E-state index contributed by atoms with van der Waals surface area (Å²) in [6.45, 7) is 7.87. The Labute approximate surface area is 106 Å². The van der Waals surface area contributed by atoms with E-state index in [-0.39, 0.29) is 0 Å². The Hall–Kier alpha value is -0.900. The molecule has 1 aliphatic rings. The van der Waals surface area contributed by atoms with Crippen LogP contribution in [0.1, 0.15) is 10.4 Å². The molecule has 1 aromatic carbocycles. The number of nitrogens with one attached hydrogen (secondary N) is 1. The van der Waals surface area contributed by atoms with Gasteiger partial charge in [-0.15, -0.1) is 11.3 Å². The number of piperazine rings is 1. The smallest absolute Gasteiger partial charge is 0.0390 e. The Morgan fingerprint density at radius 3 is 2.94 bits per heavy atom. The fraction of sp³-hybridized carbons (Fsp3) is 0.429. The van der Waals surface area contributed by atoms with Crippen LogP contribution in [0.2, 0.25) is 0 Å². The summed E-state index contributed by atoms with van der Waals surface area (Å²) in [6.07, 6.45) is 0. The monoisotopic (exact) mass is 246 g/mol. The van der Waals surface area contributed by atoms with Crippen LogP contribution in [0.3, 0.4) is 0 Å². The Morgan fingerprint density at radius 2 is 2.12 bits per heavy atom. The molecule has 1 aromatic heterocycles. The lowest BCUT2D eigenvalue weighted by atomic mass is 10.1. The summed E-state index contributed by atoms with van der Waals surface area (Å²) in [4.78, 5) is 3.95. The highest BCUT2D eigenvalue weighted by molar-refractivity contribution is 7.19. The predicted molar refractivity (Wildman–Crippen MR) is 74.7 cm³/mol. The number of thiophene rings is 1. The molecule has 2 heterocycles. The van der Waals surface area contributed by atoms with E-state index in [9.17, 15) is 0 Å². The van der Waals surface area contributed by atoms with Gasteiger partial charge in [-0.05, 0) is 23.9 Å². The molecule has 1 saturated heterocycles. The third-order valence-corrected chi connectivity index (χ3v) is 4.49. The van der Waals surface area contributed by atoms with Gasteiger partial charge in [0, 0.05) is 42.3 Å². The second kappa shape index (κ2) is 4.77. The number of hydrogen-bond acceptors (Lipinski definition) is 3. The second-order valence-corrected chi connectivity index (χ2v) is 5.98. The van der Waals surface area contributed by atoms with E-state index in [0.717, 1.165) is 19.6 Å². The molecule has 1 aliphatic heterocycles. The van der Waals surface area contributed by atoms with Gasteiger partial charge in [-0.3, -0.25) is 4.90 Å². The van der Waals surface area contributed by atoms with E-state index in [1.54, 1.807) is 0 Å². The van der Waals surface area contributed by atoms with Crippen molar-refractivity contribution in [3.63, 3.8) is 0 Å². The largest absolute Gasteiger partial charge is 0.314 e. The van der Waals surface area contributed by atoms with E-state index < -0.39 is 0 Å². The summed E-state index contributed by atoms with van der Waals surface area (Å²) in [5, 5.41) is 4.81. The maximum absolute atomic E-state index is 3.40. The lowest BCUT2D eigenvalue weighted by molar-refractivity contribution is 0.234. The van der Waals surface area contributed by atoms with E-state index >= 15 is 0 Å². The molecule has 17 heavy (non-hydrogen) atoms. The van der Waals surface area contributed by atoms with Crippen molar-refractivity contribution in [2.45, 2.75) is 13.5 Å². The summed E-state index contributed by atoms with van der Waals surface area (Å²) < 4.78 is 1.48. The first kappa shape index (κ1) is 11.2. The lowest BCUT2D eigenvalue weighted by Gasteiger charge is -2.27. The Morgan fingerprint density at radius 1 is 1.29 bits per heavy atom. The molecule has 0 unspecified atom stereocenters. The van der Waals surface area contributed by atoms with E-state index in [4.69, 9.17) is 0 Å². The third kappa shape index (κ3) is 2.37. The Bertz CT molecular complexity index is 512. The van der Waals surface area contributed by atoms with E-state index in [1.807, 2.05) is 11.3 Å². The Balaban J connectivity index is 1.88. The molecule has 1 fully saturated rings. The van der Waals surface area contributed by atoms with Crippen LogP contribution in [0.4, 0.5) is 0 Å². The average molecular weight is 246 g/mol. The van der Waals surface area contributed by atoms with Crippen molar-refractivity contribution in [3.05, 3.63) is 34.7 Å². The van der Waals surface area contributed by atoms with Gasteiger partial charge in [-0.25, -0.2) is 0 Å². The van der Waals surface area contributed by atoms with Crippen LogP contribution >= 0.6 is 11.3 Å². The van der Waals surface area contributed by atoms with Crippen LogP contribution in [0.25, 0.3) is 10.1 Å². The molecule has 0 aliphatic carbocycles. The van der Waals surface area contributed by atoms with Crippen molar-refractivity contribution in [2.24, 2.45) is 0 Å². The van der Waals surface area contributed by atoms with Gasteiger partial charge in [0.1, 0.15) is 0 Å². The fourth-order valence-electron chi connectivity index (χ4n) is 2.49. The van der Waals surface area contributed by atoms with Crippen molar-refractivity contribution < 1.29 is 0 Å². The molecule has 0 radical (unpaired) electrons. The first-order chi connectivity index (χ1) is 8.33. The number of hydrogen-bond donors (Lipinski definition) is 1. The number of nitrogens with zero attached hydrogens (tertiary/aromatic N) is 1. The zero-order chi connectivity index (χ0) is 11.7. The fourth-order valence-corrected chi connectivity index (χ4v) is 3.50.